The third-order valence-corrected chi connectivity index (χ3v) is 5.22. The molecule has 0 aromatic heterocycles. The molecule has 0 aliphatic heterocycles. The first-order valence-electron chi connectivity index (χ1n) is 9.09. The summed E-state index contributed by atoms with van der Waals surface area (Å²) < 4.78 is 0. The van der Waals surface area contributed by atoms with Crippen molar-refractivity contribution in [2.45, 2.75) is 32.1 Å². The van der Waals surface area contributed by atoms with Crippen LogP contribution >= 0.6 is 0 Å². The SMILES string of the molecule is O=[N+]([O-])c1ccc(Cc2cc3ccc2CCc2ccc(cc2)CC3)cc1. The number of non-ortho nitro benzene ring substituents is 1. The van der Waals surface area contributed by atoms with E-state index in [0.29, 0.717) is 0 Å². The highest BCUT2D eigenvalue weighted by atomic mass is 16.6. The highest BCUT2D eigenvalue weighted by Gasteiger charge is 2.10. The van der Waals surface area contributed by atoms with Gasteiger partial charge in [-0.2, -0.15) is 0 Å². The number of hydrogen-bond donors (Lipinski definition) is 0. The van der Waals surface area contributed by atoms with E-state index in [1.807, 2.05) is 12.1 Å². The van der Waals surface area contributed by atoms with Crippen LogP contribution in [0.4, 0.5) is 5.69 Å². The van der Waals surface area contributed by atoms with Crippen LogP contribution in [0.5, 0.6) is 0 Å². The van der Waals surface area contributed by atoms with Crippen molar-refractivity contribution in [3.8, 4) is 0 Å². The molecular weight excluding hydrogens is 322 g/mol. The number of nitro groups is 1. The maximum absolute atomic E-state index is 10.8. The quantitative estimate of drug-likeness (QED) is 0.492. The molecule has 4 bridgehead atoms. The van der Waals surface area contributed by atoms with Crippen LogP contribution in [0.15, 0.2) is 66.7 Å². The van der Waals surface area contributed by atoms with Crippen molar-refractivity contribution in [3.63, 3.8) is 0 Å². The first-order valence-corrected chi connectivity index (χ1v) is 9.09. The highest BCUT2D eigenvalue weighted by molar-refractivity contribution is 5.40. The molecule has 0 spiro atoms. The molecule has 3 aromatic carbocycles. The van der Waals surface area contributed by atoms with E-state index in [2.05, 4.69) is 42.5 Å². The maximum Gasteiger partial charge on any atom is 0.269 e. The van der Waals surface area contributed by atoms with Crippen LogP contribution in [0.1, 0.15) is 33.4 Å². The monoisotopic (exact) mass is 343 g/mol. The van der Waals surface area contributed by atoms with E-state index in [-0.39, 0.29) is 10.6 Å². The normalized spacial score (nSPS) is 13.2. The third kappa shape index (κ3) is 3.67. The van der Waals surface area contributed by atoms with E-state index in [1.165, 1.54) is 27.8 Å². The Morgan fingerprint density at radius 3 is 1.96 bits per heavy atom. The molecule has 0 N–H and O–H groups in total. The summed E-state index contributed by atoms with van der Waals surface area (Å²) in [6, 6.07) is 22.8. The molecule has 3 heteroatoms. The second-order valence-electron chi connectivity index (χ2n) is 7.02. The molecule has 0 radical (unpaired) electrons. The lowest BCUT2D eigenvalue weighted by Crippen LogP contribution is -2.03. The summed E-state index contributed by atoms with van der Waals surface area (Å²) in [7, 11) is 0. The van der Waals surface area contributed by atoms with Crippen LogP contribution in [0.3, 0.4) is 0 Å². The van der Waals surface area contributed by atoms with Gasteiger partial charge in [0.1, 0.15) is 0 Å². The molecule has 0 saturated heterocycles. The molecule has 26 heavy (non-hydrogen) atoms. The van der Waals surface area contributed by atoms with E-state index in [1.54, 1.807) is 12.1 Å². The molecule has 7 rings (SSSR count). The van der Waals surface area contributed by atoms with Crippen LogP contribution in [0, 0.1) is 10.1 Å². The van der Waals surface area contributed by atoms with Crippen LogP contribution in [-0.4, -0.2) is 4.92 Å². The molecular formula is C23H21NO2. The van der Waals surface area contributed by atoms with Crippen molar-refractivity contribution in [2.24, 2.45) is 0 Å². The van der Waals surface area contributed by atoms with Gasteiger partial charge in [0.25, 0.3) is 5.69 Å². The van der Waals surface area contributed by atoms with Gasteiger partial charge in [-0.3, -0.25) is 10.1 Å². The summed E-state index contributed by atoms with van der Waals surface area (Å²) in [4.78, 5) is 10.5. The van der Waals surface area contributed by atoms with Gasteiger partial charge in [-0.25, -0.2) is 0 Å². The van der Waals surface area contributed by atoms with Crippen LogP contribution in [0.2, 0.25) is 0 Å². The summed E-state index contributed by atoms with van der Waals surface area (Å²) in [6.07, 6.45) is 4.96. The summed E-state index contributed by atoms with van der Waals surface area (Å²) in [6.45, 7) is 0. The van der Waals surface area contributed by atoms with E-state index in [4.69, 9.17) is 0 Å². The Hall–Kier alpha value is -2.94. The molecule has 0 atom stereocenters. The van der Waals surface area contributed by atoms with Gasteiger partial charge in [0, 0.05) is 12.1 Å². The first kappa shape index (κ1) is 16.5. The highest BCUT2D eigenvalue weighted by Crippen LogP contribution is 2.22. The summed E-state index contributed by atoms with van der Waals surface area (Å²) >= 11 is 0. The lowest BCUT2D eigenvalue weighted by atomic mass is 9.91. The first-order chi connectivity index (χ1) is 12.7. The minimum atomic E-state index is -0.348. The number of nitrogens with zero attached hydrogens (tertiary/aromatic N) is 1. The largest absolute Gasteiger partial charge is 0.269 e. The average Bonchev–Trinajstić information content (AvgIpc) is 2.65. The summed E-state index contributed by atoms with van der Waals surface area (Å²) in [5, 5.41) is 10.8. The molecule has 0 saturated carbocycles. The summed E-state index contributed by atoms with van der Waals surface area (Å²) in [5.74, 6) is 0. The van der Waals surface area contributed by atoms with Crippen molar-refractivity contribution in [1.82, 2.24) is 0 Å². The Kier molecular flexibility index (Phi) is 4.53. The predicted octanol–water partition coefficient (Wildman–Crippen LogP) is 5.07. The molecule has 3 nitrogen and oxygen atoms in total. The van der Waals surface area contributed by atoms with E-state index < -0.39 is 0 Å². The molecule has 3 aromatic rings. The van der Waals surface area contributed by atoms with Crippen LogP contribution < -0.4 is 0 Å². The zero-order valence-corrected chi connectivity index (χ0v) is 14.7. The minimum Gasteiger partial charge on any atom is -0.258 e. The lowest BCUT2D eigenvalue weighted by Gasteiger charge is -2.14. The van der Waals surface area contributed by atoms with Crippen molar-refractivity contribution >= 4 is 5.69 Å². The van der Waals surface area contributed by atoms with Gasteiger partial charge in [-0.15, -0.1) is 0 Å². The fraction of sp³-hybridized carbons (Fsp3) is 0.217. The standard InChI is InChI=1S/C23H21NO2/c25-24(26)23-13-9-20(10-14-23)16-22-15-19-6-5-17-1-3-18(4-2-17)7-11-21(22)12-8-19/h1-4,8-10,12-15H,5-7,11,16H2. The maximum atomic E-state index is 10.8. The van der Waals surface area contributed by atoms with Gasteiger partial charge in [0.2, 0.25) is 0 Å². The topological polar surface area (TPSA) is 43.1 Å². The lowest BCUT2D eigenvalue weighted by molar-refractivity contribution is -0.384. The Bertz CT molecular complexity index is 927. The van der Waals surface area contributed by atoms with E-state index >= 15 is 0 Å². The molecule has 4 aliphatic rings. The minimum absolute atomic E-state index is 0.146. The van der Waals surface area contributed by atoms with E-state index in [9.17, 15) is 10.1 Å². The predicted molar refractivity (Wildman–Crippen MR) is 104 cm³/mol. The number of aryl methyl sites for hydroxylation is 4. The van der Waals surface area contributed by atoms with E-state index in [0.717, 1.165) is 37.7 Å². The average molecular weight is 343 g/mol. The van der Waals surface area contributed by atoms with Gasteiger partial charge in [0.05, 0.1) is 4.92 Å². The van der Waals surface area contributed by atoms with Crippen molar-refractivity contribution in [3.05, 3.63) is 110 Å². The molecule has 0 heterocycles. The van der Waals surface area contributed by atoms with Gasteiger partial charge >= 0.3 is 0 Å². The van der Waals surface area contributed by atoms with Gasteiger partial charge in [0.15, 0.2) is 0 Å². The molecule has 0 fully saturated rings. The van der Waals surface area contributed by atoms with Crippen LogP contribution in [-0.2, 0) is 32.1 Å². The fourth-order valence-electron chi connectivity index (χ4n) is 3.64. The van der Waals surface area contributed by atoms with Crippen molar-refractivity contribution < 1.29 is 4.92 Å². The Balaban J connectivity index is 1.63. The molecule has 0 unspecified atom stereocenters. The van der Waals surface area contributed by atoms with Crippen molar-refractivity contribution in [2.75, 3.05) is 0 Å². The fourth-order valence-corrected chi connectivity index (χ4v) is 3.64. The van der Waals surface area contributed by atoms with Crippen molar-refractivity contribution in [1.29, 1.82) is 0 Å². The number of rotatable bonds is 3. The van der Waals surface area contributed by atoms with Gasteiger partial charge in [-0.05, 0) is 65.5 Å². The third-order valence-electron chi connectivity index (χ3n) is 5.22. The second-order valence-corrected chi connectivity index (χ2v) is 7.02. The molecule has 0 amide bonds. The number of hydrogen-bond acceptors (Lipinski definition) is 2. The van der Waals surface area contributed by atoms with Gasteiger partial charge in [-0.1, -0.05) is 54.6 Å². The smallest absolute Gasteiger partial charge is 0.258 e. The summed E-state index contributed by atoms with van der Waals surface area (Å²) in [5.41, 5.74) is 8.09. The Morgan fingerprint density at radius 2 is 1.31 bits per heavy atom. The zero-order valence-electron chi connectivity index (χ0n) is 14.7. The zero-order chi connectivity index (χ0) is 17.9. The van der Waals surface area contributed by atoms with Crippen LogP contribution in [0.25, 0.3) is 0 Å². The molecule has 130 valence electrons. The number of benzene rings is 3. The Morgan fingerprint density at radius 1 is 0.731 bits per heavy atom. The Labute approximate surface area is 153 Å². The second kappa shape index (κ2) is 7.12. The number of nitro benzene ring substituents is 1. The molecule has 4 aliphatic carbocycles. The van der Waals surface area contributed by atoms with Gasteiger partial charge < -0.3 is 0 Å².